The van der Waals surface area contributed by atoms with Crippen LogP contribution in [0, 0.1) is 0 Å². The summed E-state index contributed by atoms with van der Waals surface area (Å²) >= 11 is 0. The molecular weight excluding hydrogens is 1130 g/mol. The summed E-state index contributed by atoms with van der Waals surface area (Å²) in [7, 11) is 5.96. The van der Waals surface area contributed by atoms with E-state index in [-0.39, 0.29) is 82.1 Å². The average Bonchev–Trinajstić information content (AvgIpc) is 3.34. The Morgan fingerprint density at radius 3 is 1.28 bits per heavy atom. The van der Waals surface area contributed by atoms with Crippen LogP contribution >= 0.6 is 0 Å². The van der Waals surface area contributed by atoms with E-state index in [1.165, 1.54) is 33.5 Å². The standard InChI is InChI=1S/C73H80O16/c1-77-59-37-35-57(36-38-59)44-82-63(70(89-73(76)58-39-61(78-2)67(80-4)62(40-58)79-3)71(86-48-55-31-19-9-20-32-55)66(60(75)42-74)83-45-52-25-13-6-14-26-52)41-64-68(84-46-53-27-15-7-16-28-53)72(87-49-56-33-21-10-22-34-56)69(85-47-54-29-17-8-18-30-54)65(88-64)50-81-43-51-23-11-5-12-24-51/h5-40,60,63-66,68-72,74-75H,41-50H2,1-4H3/t60-,63-,64+,65+,66+,68-,69+,70+,71-,72+/m0/s1. The molecule has 8 aromatic carbocycles. The van der Waals surface area contributed by atoms with Gasteiger partial charge < -0.3 is 71.8 Å². The molecule has 1 fully saturated rings. The van der Waals surface area contributed by atoms with Gasteiger partial charge in [-0.25, -0.2) is 4.79 Å². The second-order valence-corrected chi connectivity index (χ2v) is 21.5. The third-order valence-corrected chi connectivity index (χ3v) is 15.4. The highest BCUT2D eigenvalue weighted by Crippen LogP contribution is 2.40. The summed E-state index contributed by atoms with van der Waals surface area (Å²) in [6.07, 6.45) is -11.6. The van der Waals surface area contributed by atoms with E-state index in [2.05, 4.69) is 0 Å². The molecule has 0 amide bonds. The molecule has 16 nitrogen and oxygen atoms in total. The number of methoxy groups -OCH3 is 4. The maximum atomic E-state index is 15.5. The Kier molecular flexibility index (Phi) is 25.5. The number of ether oxygens (including phenoxy) is 13. The van der Waals surface area contributed by atoms with E-state index in [9.17, 15) is 10.2 Å². The lowest BCUT2D eigenvalue weighted by molar-refractivity contribution is -0.280. The van der Waals surface area contributed by atoms with Gasteiger partial charge in [-0.1, -0.05) is 194 Å². The van der Waals surface area contributed by atoms with E-state index in [4.69, 9.17) is 61.6 Å². The topological polar surface area (TPSA) is 178 Å². The van der Waals surface area contributed by atoms with Crippen LogP contribution in [0.3, 0.4) is 0 Å². The lowest BCUT2D eigenvalue weighted by Gasteiger charge is -2.48. The summed E-state index contributed by atoms with van der Waals surface area (Å²) in [6.45, 7) is -0.0550. The maximum absolute atomic E-state index is 15.5. The minimum absolute atomic E-state index is 0.0195. The Bertz CT molecular complexity index is 3250. The molecule has 468 valence electrons. The second kappa shape index (κ2) is 34.7. The van der Waals surface area contributed by atoms with Crippen LogP contribution in [0.5, 0.6) is 23.0 Å². The third-order valence-electron chi connectivity index (χ3n) is 15.4. The Morgan fingerprint density at radius 1 is 0.438 bits per heavy atom. The fourth-order valence-electron chi connectivity index (χ4n) is 10.7. The fraction of sp³-hybridized carbons (Fsp3) is 0.329. The van der Waals surface area contributed by atoms with Crippen molar-refractivity contribution in [2.45, 2.75) is 114 Å². The van der Waals surface area contributed by atoms with Crippen LogP contribution in [0.15, 0.2) is 218 Å². The number of hydrogen-bond acceptors (Lipinski definition) is 16. The van der Waals surface area contributed by atoms with Gasteiger partial charge in [-0.2, -0.15) is 0 Å². The molecule has 0 unspecified atom stereocenters. The number of hydrogen-bond donors (Lipinski definition) is 2. The van der Waals surface area contributed by atoms with Crippen LogP contribution in [0.4, 0.5) is 0 Å². The molecular formula is C73H80O16. The molecule has 1 aliphatic heterocycles. The molecule has 0 aromatic heterocycles. The Balaban J connectivity index is 1.22. The van der Waals surface area contributed by atoms with Gasteiger partial charge in [0.25, 0.3) is 0 Å². The van der Waals surface area contributed by atoms with Gasteiger partial charge in [-0.15, -0.1) is 0 Å². The highest BCUT2D eigenvalue weighted by Gasteiger charge is 2.52. The van der Waals surface area contributed by atoms with Gasteiger partial charge >= 0.3 is 5.97 Å². The van der Waals surface area contributed by atoms with Crippen molar-refractivity contribution in [1.29, 1.82) is 0 Å². The Labute approximate surface area is 521 Å². The number of aliphatic hydroxyl groups is 2. The van der Waals surface area contributed by atoms with Gasteiger partial charge in [-0.05, 0) is 63.2 Å². The molecule has 9 rings (SSSR count). The summed E-state index contributed by atoms with van der Waals surface area (Å²) in [4.78, 5) is 15.5. The van der Waals surface area contributed by atoms with E-state index in [1.807, 2.05) is 206 Å². The number of esters is 1. The number of rotatable bonds is 35. The molecule has 8 aromatic rings. The van der Waals surface area contributed by atoms with Gasteiger partial charge in [0.2, 0.25) is 5.75 Å². The predicted molar refractivity (Wildman–Crippen MR) is 334 cm³/mol. The van der Waals surface area contributed by atoms with Crippen molar-refractivity contribution in [1.82, 2.24) is 0 Å². The lowest BCUT2D eigenvalue weighted by Crippen LogP contribution is -2.62. The quantitative estimate of drug-likeness (QED) is 0.0358. The van der Waals surface area contributed by atoms with E-state index >= 15 is 4.79 Å². The maximum Gasteiger partial charge on any atom is 0.338 e. The first kappa shape index (κ1) is 65.5. The van der Waals surface area contributed by atoms with Crippen molar-refractivity contribution in [2.75, 3.05) is 41.7 Å². The zero-order chi connectivity index (χ0) is 62.0. The third kappa shape index (κ3) is 19.0. The van der Waals surface area contributed by atoms with Gasteiger partial charge in [-0.3, -0.25) is 0 Å². The largest absolute Gasteiger partial charge is 0.497 e. The number of carbonyl (C=O) groups excluding carboxylic acids is 1. The summed E-state index contributed by atoms with van der Waals surface area (Å²) in [5.74, 6) is 0.418. The molecule has 16 heteroatoms. The molecule has 0 bridgehead atoms. The minimum atomic E-state index is -1.60. The highest BCUT2D eigenvalue weighted by molar-refractivity contribution is 5.91. The SMILES string of the molecule is COc1ccc(CO[C@@H](C[C@H]2O[C@H](COCc3ccccc3)[C@@H](OCc3ccccc3)[C@H](OCc3ccccc3)[C@H]2OCc2ccccc2)[C@@H](OC(=O)c2cc(OC)c(OC)c(OC)c2)[C@@H](OCc2ccccc2)[C@H](OCc2ccccc2)[C@@H](O)CO)cc1. The van der Waals surface area contributed by atoms with Crippen molar-refractivity contribution in [3.63, 3.8) is 0 Å². The van der Waals surface area contributed by atoms with Crippen LogP contribution in [-0.4, -0.2) is 119 Å². The van der Waals surface area contributed by atoms with Crippen molar-refractivity contribution >= 4 is 5.97 Å². The molecule has 1 aliphatic rings. The van der Waals surface area contributed by atoms with Crippen LogP contribution in [0.2, 0.25) is 0 Å². The van der Waals surface area contributed by atoms with E-state index < -0.39 is 73.6 Å². The number of carbonyl (C=O) groups is 1. The van der Waals surface area contributed by atoms with E-state index in [0.717, 1.165) is 38.9 Å². The molecule has 89 heavy (non-hydrogen) atoms. The first-order valence-electron chi connectivity index (χ1n) is 29.8. The fourth-order valence-corrected chi connectivity index (χ4v) is 10.7. The molecule has 0 radical (unpaired) electrons. The molecule has 0 saturated carbocycles. The zero-order valence-electron chi connectivity index (χ0n) is 50.7. The molecule has 10 atom stereocenters. The molecule has 0 spiro atoms. The lowest BCUT2D eigenvalue weighted by atomic mass is 9.88. The van der Waals surface area contributed by atoms with Crippen LogP contribution in [0.1, 0.15) is 55.7 Å². The van der Waals surface area contributed by atoms with Gasteiger partial charge in [0, 0.05) is 6.42 Å². The van der Waals surface area contributed by atoms with E-state index in [0.29, 0.717) is 5.75 Å². The van der Waals surface area contributed by atoms with Gasteiger partial charge in [0.05, 0.1) is 99.6 Å². The first-order chi connectivity index (χ1) is 43.7. The number of benzene rings is 8. The van der Waals surface area contributed by atoms with Gasteiger partial charge in [0.1, 0.15) is 54.6 Å². The van der Waals surface area contributed by atoms with Crippen molar-refractivity contribution in [2.24, 2.45) is 0 Å². The average molecular weight is 1210 g/mol. The normalized spacial score (nSPS) is 18.2. The smallest absolute Gasteiger partial charge is 0.338 e. The highest BCUT2D eigenvalue weighted by atomic mass is 16.6. The molecule has 0 aliphatic carbocycles. The summed E-state index contributed by atoms with van der Waals surface area (Å²) in [5, 5.41) is 23.3. The van der Waals surface area contributed by atoms with Crippen LogP contribution < -0.4 is 18.9 Å². The molecule has 1 heterocycles. The minimum Gasteiger partial charge on any atom is -0.497 e. The van der Waals surface area contributed by atoms with Gasteiger partial charge in [0.15, 0.2) is 17.6 Å². The summed E-state index contributed by atoms with van der Waals surface area (Å²) in [5.41, 5.74) is 5.98. The molecule has 1 saturated heterocycles. The second-order valence-electron chi connectivity index (χ2n) is 21.5. The monoisotopic (exact) mass is 1210 g/mol. The Morgan fingerprint density at radius 2 is 0.843 bits per heavy atom. The predicted octanol–water partition coefficient (Wildman–Crippen LogP) is 11.5. The van der Waals surface area contributed by atoms with Crippen molar-refractivity contribution in [3.8, 4) is 23.0 Å². The molecule has 2 N–H and O–H groups in total. The van der Waals surface area contributed by atoms with Crippen LogP contribution in [-0.2, 0) is 88.9 Å². The summed E-state index contributed by atoms with van der Waals surface area (Å²) in [6, 6.07) is 68.7. The Hall–Kier alpha value is -7.97. The van der Waals surface area contributed by atoms with Crippen molar-refractivity contribution < 1.29 is 76.6 Å². The van der Waals surface area contributed by atoms with Crippen LogP contribution in [0.25, 0.3) is 0 Å². The van der Waals surface area contributed by atoms with Crippen molar-refractivity contribution in [3.05, 3.63) is 263 Å². The number of aliphatic hydroxyl groups excluding tert-OH is 2. The first-order valence-corrected chi connectivity index (χ1v) is 29.8. The van der Waals surface area contributed by atoms with E-state index in [1.54, 1.807) is 7.11 Å². The summed E-state index contributed by atoms with van der Waals surface area (Å²) < 4.78 is 86.3. The zero-order valence-corrected chi connectivity index (χ0v) is 50.7.